The average Bonchev–Trinajstić information content (AvgIpc) is 3.24. The fourth-order valence-corrected chi connectivity index (χ4v) is 5.03. The molecule has 0 radical (unpaired) electrons. The third-order valence-corrected chi connectivity index (χ3v) is 7.21. The zero-order chi connectivity index (χ0) is 26.3. The standard InChI is InChI=1S/C26H25ClF3N5O2/c1-16-7-9-17(10-8-16)19-15-20(26(28,29)30)35-23(31-19)21(27)22(32-35)25(37)34-13-11-33(12-14-34)24(36)18-5-3-2-4-6-18/h2-10,19-20,31H,11-15H2,1H3. The summed E-state index contributed by atoms with van der Waals surface area (Å²) in [6.07, 6.45) is -4.87. The normalized spacial score (nSPS) is 19.8. The molecule has 1 fully saturated rings. The van der Waals surface area contributed by atoms with Crippen LogP contribution in [0.1, 0.15) is 50.5 Å². The lowest BCUT2D eigenvalue weighted by molar-refractivity contribution is -0.173. The van der Waals surface area contributed by atoms with Gasteiger partial charge in [0, 0.05) is 38.2 Å². The van der Waals surface area contributed by atoms with Gasteiger partial charge in [-0.05, 0) is 24.6 Å². The van der Waals surface area contributed by atoms with Gasteiger partial charge in [0.05, 0.1) is 6.04 Å². The molecular formula is C26H25ClF3N5O2. The second-order valence-corrected chi connectivity index (χ2v) is 9.68. The van der Waals surface area contributed by atoms with Crippen LogP contribution in [0.3, 0.4) is 0 Å². The van der Waals surface area contributed by atoms with Crippen molar-refractivity contribution < 1.29 is 22.8 Å². The molecule has 0 saturated carbocycles. The van der Waals surface area contributed by atoms with Crippen LogP contribution in [0.2, 0.25) is 5.02 Å². The Kier molecular flexibility index (Phi) is 6.61. The predicted molar refractivity (Wildman–Crippen MR) is 133 cm³/mol. The first-order valence-electron chi connectivity index (χ1n) is 11.9. The Balaban J connectivity index is 1.36. The molecule has 2 atom stereocenters. The third-order valence-electron chi connectivity index (χ3n) is 6.85. The first kappa shape index (κ1) is 25.1. The minimum atomic E-state index is -4.58. The number of carbonyl (C=O) groups excluding carboxylic acids is 2. The van der Waals surface area contributed by atoms with Crippen LogP contribution in [0, 0.1) is 6.92 Å². The monoisotopic (exact) mass is 531 g/mol. The van der Waals surface area contributed by atoms with Crippen molar-refractivity contribution in [3.63, 3.8) is 0 Å². The van der Waals surface area contributed by atoms with Gasteiger partial charge in [0.1, 0.15) is 10.8 Å². The molecule has 194 valence electrons. The molecule has 1 N–H and O–H groups in total. The largest absolute Gasteiger partial charge is 0.410 e. The van der Waals surface area contributed by atoms with Gasteiger partial charge in [-0.1, -0.05) is 59.6 Å². The van der Waals surface area contributed by atoms with E-state index in [0.717, 1.165) is 10.2 Å². The van der Waals surface area contributed by atoms with Gasteiger partial charge in [-0.25, -0.2) is 4.68 Å². The van der Waals surface area contributed by atoms with E-state index >= 15 is 0 Å². The third kappa shape index (κ3) is 4.90. The minimum absolute atomic E-state index is 0.0259. The number of aryl methyl sites for hydroxylation is 1. The number of nitrogens with one attached hydrogen (secondary N) is 1. The highest BCUT2D eigenvalue weighted by atomic mass is 35.5. The first-order chi connectivity index (χ1) is 17.6. The molecule has 1 aromatic heterocycles. The fraction of sp³-hybridized carbons (Fsp3) is 0.346. The predicted octanol–water partition coefficient (Wildman–Crippen LogP) is 5.10. The number of nitrogens with zero attached hydrogens (tertiary/aromatic N) is 4. The molecule has 2 amide bonds. The molecule has 7 nitrogen and oxygen atoms in total. The summed E-state index contributed by atoms with van der Waals surface area (Å²) in [5.41, 5.74) is 2.01. The Morgan fingerprint density at radius 3 is 2.14 bits per heavy atom. The van der Waals surface area contributed by atoms with Gasteiger partial charge < -0.3 is 15.1 Å². The molecule has 0 aliphatic carbocycles. The Hall–Kier alpha value is -3.53. The average molecular weight is 532 g/mol. The molecule has 1 saturated heterocycles. The van der Waals surface area contributed by atoms with Crippen LogP contribution in [0.4, 0.5) is 19.0 Å². The number of amides is 2. The minimum Gasteiger partial charge on any atom is -0.362 e. The highest BCUT2D eigenvalue weighted by Crippen LogP contribution is 2.46. The summed E-state index contributed by atoms with van der Waals surface area (Å²) in [6.45, 7) is 2.93. The second-order valence-electron chi connectivity index (χ2n) is 9.31. The molecule has 5 rings (SSSR count). The smallest absolute Gasteiger partial charge is 0.362 e. The van der Waals surface area contributed by atoms with Gasteiger partial charge >= 0.3 is 6.18 Å². The summed E-state index contributed by atoms with van der Waals surface area (Å²) in [6, 6.07) is 13.5. The van der Waals surface area contributed by atoms with Gasteiger partial charge in [-0.3, -0.25) is 9.59 Å². The molecule has 3 aromatic rings. The number of hydrogen-bond acceptors (Lipinski definition) is 4. The van der Waals surface area contributed by atoms with Crippen LogP contribution in [0.15, 0.2) is 54.6 Å². The summed E-state index contributed by atoms with van der Waals surface area (Å²) in [5.74, 6) is -0.724. The Bertz CT molecular complexity index is 1300. The van der Waals surface area contributed by atoms with Gasteiger partial charge in [-0.2, -0.15) is 18.3 Å². The number of piperazine rings is 1. The van der Waals surface area contributed by atoms with Crippen molar-refractivity contribution in [1.29, 1.82) is 0 Å². The van der Waals surface area contributed by atoms with Crippen LogP contribution in [0.25, 0.3) is 0 Å². The SMILES string of the molecule is Cc1ccc(C2CC(C(F)(F)F)n3nc(C(=O)N4CCN(C(=O)c5ccccc5)CC4)c(Cl)c3N2)cc1. The highest BCUT2D eigenvalue weighted by Gasteiger charge is 2.48. The van der Waals surface area contributed by atoms with Gasteiger partial charge in [0.25, 0.3) is 11.8 Å². The maximum absolute atomic E-state index is 14.1. The molecular weight excluding hydrogens is 507 g/mol. The van der Waals surface area contributed by atoms with Crippen molar-refractivity contribution in [3.8, 4) is 0 Å². The maximum Gasteiger partial charge on any atom is 0.410 e. The van der Waals surface area contributed by atoms with E-state index in [9.17, 15) is 22.8 Å². The number of carbonyl (C=O) groups is 2. The Labute approximate surface area is 216 Å². The number of aromatic nitrogens is 2. The molecule has 2 aromatic carbocycles. The van der Waals surface area contributed by atoms with E-state index < -0.39 is 24.2 Å². The molecule has 2 unspecified atom stereocenters. The van der Waals surface area contributed by atoms with Crippen molar-refractivity contribution in [2.45, 2.75) is 31.6 Å². The fourth-order valence-electron chi connectivity index (χ4n) is 4.77. The molecule has 0 bridgehead atoms. The summed E-state index contributed by atoms with van der Waals surface area (Å²) < 4.78 is 43.0. The number of anilines is 1. The molecule has 0 spiro atoms. The number of fused-ring (bicyclic) bond motifs is 1. The Morgan fingerprint density at radius 1 is 0.946 bits per heavy atom. The van der Waals surface area contributed by atoms with E-state index in [0.29, 0.717) is 24.2 Å². The molecule has 2 aliphatic heterocycles. The van der Waals surface area contributed by atoms with Crippen LogP contribution >= 0.6 is 11.6 Å². The Morgan fingerprint density at radius 2 is 1.54 bits per heavy atom. The molecule has 37 heavy (non-hydrogen) atoms. The van der Waals surface area contributed by atoms with E-state index in [2.05, 4.69) is 10.4 Å². The number of hydrogen-bond donors (Lipinski definition) is 1. The van der Waals surface area contributed by atoms with Gasteiger partial charge in [-0.15, -0.1) is 0 Å². The van der Waals surface area contributed by atoms with Crippen molar-refractivity contribution in [3.05, 3.63) is 82.0 Å². The summed E-state index contributed by atoms with van der Waals surface area (Å²) >= 11 is 6.48. The van der Waals surface area contributed by atoms with E-state index in [1.165, 1.54) is 4.90 Å². The van der Waals surface area contributed by atoms with E-state index in [1.54, 1.807) is 41.3 Å². The second kappa shape index (κ2) is 9.74. The van der Waals surface area contributed by atoms with E-state index in [-0.39, 0.29) is 42.0 Å². The van der Waals surface area contributed by atoms with Crippen molar-refractivity contribution in [2.24, 2.45) is 0 Å². The quantitative estimate of drug-likeness (QED) is 0.510. The lowest BCUT2D eigenvalue weighted by Crippen LogP contribution is -2.50. The van der Waals surface area contributed by atoms with Gasteiger partial charge in [0.2, 0.25) is 0 Å². The van der Waals surface area contributed by atoms with Crippen LogP contribution in [-0.4, -0.2) is 63.7 Å². The summed E-state index contributed by atoms with van der Waals surface area (Å²) in [7, 11) is 0. The summed E-state index contributed by atoms with van der Waals surface area (Å²) in [4.78, 5) is 29.1. The van der Waals surface area contributed by atoms with E-state index in [4.69, 9.17) is 11.6 Å². The molecule has 3 heterocycles. The van der Waals surface area contributed by atoms with Gasteiger partial charge in [0.15, 0.2) is 11.7 Å². The number of rotatable bonds is 3. The van der Waals surface area contributed by atoms with Crippen LogP contribution < -0.4 is 5.32 Å². The van der Waals surface area contributed by atoms with Crippen molar-refractivity contribution >= 4 is 29.2 Å². The number of halogens is 4. The summed E-state index contributed by atoms with van der Waals surface area (Å²) in [5, 5.41) is 6.97. The van der Waals surface area contributed by atoms with Crippen molar-refractivity contribution in [1.82, 2.24) is 19.6 Å². The lowest BCUT2D eigenvalue weighted by atomic mass is 9.96. The topological polar surface area (TPSA) is 70.5 Å². The van der Waals surface area contributed by atoms with E-state index in [1.807, 2.05) is 25.1 Å². The molecule has 2 aliphatic rings. The number of benzene rings is 2. The van der Waals surface area contributed by atoms with Crippen LogP contribution in [-0.2, 0) is 0 Å². The van der Waals surface area contributed by atoms with Crippen LogP contribution in [0.5, 0.6) is 0 Å². The number of alkyl halides is 3. The zero-order valence-electron chi connectivity index (χ0n) is 20.0. The van der Waals surface area contributed by atoms with Crippen molar-refractivity contribution in [2.75, 3.05) is 31.5 Å². The first-order valence-corrected chi connectivity index (χ1v) is 12.3. The molecule has 11 heteroatoms. The lowest BCUT2D eigenvalue weighted by Gasteiger charge is -2.34. The maximum atomic E-state index is 14.1. The highest BCUT2D eigenvalue weighted by molar-refractivity contribution is 6.36. The zero-order valence-corrected chi connectivity index (χ0v) is 20.8.